The smallest absolute Gasteiger partial charge is 0.255 e. The Kier molecular flexibility index (Phi) is 5.47. The van der Waals surface area contributed by atoms with Gasteiger partial charge in [0, 0.05) is 11.4 Å². The number of aromatic hydroxyl groups is 2. The number of alkyl halides is 1. The molecule has 4 nitrogen and oxygen atoms in total. The number of para-hydroxylation sites is 1. The number of halogens is 1. The number of benzene rings is 1. The van der Waals surface area contributed by atoms with Crippen LogP contribution in [0.1, 0.15) is 30.6 Å². The molecule has 5 heteroatoms. The summed E-state index contributed by atoms with van der Waals surface area (Å²) in [5.74, 6) is -0.526. The van der Waals surface area contributed by atoms with Crippen molar-refractivity contribution in [2.75, 3.05) is 6.54 Å². The van der Waals surface area contributed by atoms with Crippen molar-refractivity contribution in [2.24, 2.45) is 5.92 Å². The minimum Gasteiger partial charge on any atom is -0.504 e. The molecule has 0 bridgehead atoms. The molecule has 1 rings (SSSR count). The van der Waals surface area contributed by atoms with E-state index in [9.17, 15) is 15.0 Å². The van der Waals surface area contributed by atoms with Crippen LogP contribution >= 0.6 is 15.9 Å². The molecule has 0 aromatic heterocycles. The Bertz CT molecular complexity index is 421. The Balaban J connectivity index is 2.58. The minimum atomic E-state index is -0.392. The van der Waals surface area contributed by atoms with Crippen LogP contribution in [0.5, 0.6) is 11.5 Å². The highest BCUT2D eigenvalue weighted by Crippen LogP contribution is 2.27. The van der Waals surface area contributed by atoms with Gasteiger partial charge in [-0.25, -0.2) is 0 Å². The molecule has 0 fully saturated rings. The van der Waals surface area contributed by atoms with Gasteiger partial charge in [0.25, 0.3) is 5.91 Å². The number of nitrogens with one attached hydrogen (secondary N) is 1. The first-order valence-corrected chi connectivity index (χ1v) is 6.76. The van der Waals surface area contributed by atoms with E-state index in [1.165, 1.54) is 18.2 Å². The Morgan fingerprint density at radius 2 is 2.06 bits per heavy atom. The van der Waals surface area contributed by atoms with E-state index in [0.29, 0.717) is 12.5 Å². The molecule has 0 radical (unpaired) electrons. The van der Waals surface area contributed by atoms with Gasteiger partial charge in [-0.1, -0.05) is 35.8 Å². The minimum absolute atomic E-state index is 0.0826. The summed E-state index contributed by atoms with van der Waals surface area (Å²) in [6.07, 6.45) is 0.951. The number of hydrogen-bond donors (Lipinski definition) is 3. The van der Waals surface area contributed by atoms with Crippen LogP contribution < -0.4 is 5.32 Å². The molecule has 18 heavy (non-hydrogen) atoms. The van der Waals surface area contributed by atoms with Crippen molar-refractivity contribution in [3.8, 4) is 11.5 Å². The maximum Gasteiger partial charge on any atom is 0.255 e. The van der Waals surface area contributed by atoms with E-state index in [-0.39, 0.29) is 21.9 Å². The highest BCUT2D eigenvalue weighted by atomic mass is 79.9. The van der Waals surface area contributed by atoms with Gasteiger partial charge in [-0.15, -0.1) is 0 Å². The van der Waals surface area contributed by atoms with E-state index < -0.39 is 5.91 Å². The van der Waals surface area contributed by atoms with E-state index in [0.717, 1.165) is 6.42 Å². The summed E-state index contributed by atoms with van der Waals surface area (Å²) in [5.41, 5.74) is 0.0826. The fourth-order valence-corrected chi connectivity index (χ4v) is 2.52. The number of phenols is 2. The van der Waals surface area contributed by atoms with Crippen LogP contribution in [0.3, 0.4) is 0 Å². The van der Waals surface area contributed by atoms with Crippen LogP contribution in [0.4, 0.5) is 0 Å². The second-order valence-corrected chi connectivity index (χ2v) is 5.91. The van der Waals surface area contributed by atoms with Gasteiger partial charge in [-0.05, 0) is 24.5 Å². The van der Waals surface area contributed by atoms with Gasteiger partial charge in [-0.2, -0.15) is 0 Å². The summed E-state index contributed by atoms with van der Waals surface area (Å²) in [6, 6.07) is 4.32. The van der Waals surface area contributed by atoms with Crippen molar-refractivity contribution >= 4 is 21.8 Å². The van der Waals surface area contributed by atoms with Crippen LogP contribution in [-0.4, -0.2) is 27.5 Å². The van der Waals surface area contributed by atoms with Crippen molar-refractivity contribution in [3.63, 3.8) is 0 Å². The fraction of sp³-hybridized carbons (Fsp3) is 0.462. The lowest BCUT2D eigenvalue weighted by atomic mass is 10.1. The number of phenolic OH excluding ortho intramolecular Hbond substituents is 2. The number of hydrogen-bond acceptors (Lipinski definition) is 3. The number of rotatable bonds is 5. The Morgan fingerprint density at radius 3 is 2.67 bits per heavy atom. The summed E-state index contributed by atoms with van der Waals surface area (Å²) in [6.45, 7) is 4.69. The van der Waals surface area contributed by atoms with Gasteiger partial charge in [0.1, 0.15) is 0 Å². The lowest BCUT2D eigenvalue weighted by molar-refractivity contribution is 0.0950. The molecule has 1 aromatic carbocycles. The van der Waals surface area contributed by atoms with E-state index in [1.807, 2.05) is 0 Å². The van der Waals surface area contributed by atoms with Gasteiger partial charge in [0.2, 0.25) is 0 Å². The molecule has 1 atom stereocenters. The first-order valence-electron chi connectivity index (χ1n) is 5.85. The van der Waals surface area contributed by atoms with E-state index in [2.05, 4.69) is 35.1 Å². The molecule has 0 aliphatic heterocycles. The molecule has 3 N–H and O–H groups in total. The first kappa shape index (κ1) is 14.8. The van der Waals surface area contributed by atoms with E-state index in [4.69, 9.17) is 0 Å². The van der Waals surface area contributed by atoms with Gasteiger partial charge >= 0.3 is 0 Å². The molecule has 1 aromatic rings. The second kappa shape index (κ2) is 6.64. The summed E-state index contributed by atoms with van der Waals surface area (Å²) in [4.78, 5) is 12.0. The number of carbonyl (C=O) groups excluding carboxylic acids is 1. The molecule has 1 unspecified atom stereocenters. The van der Waals surface area contributed by atoms with Crippen molar-refractivity contribution in [1.29, 1.82) is 0 Å². The van der Waals surface area contributed by atoms with Crippen LogP contribution in [0.25, 0.3) is 0 Å². The molecular formula is C13H18BrNO3. The average Bonchev–Trinajstić information content (AvgIpc) is 2.29. The molecule has 0 aliphatic rings. The van der Waals surface area contributed by atoms with E-state index >= 15 is 0 Å². The largest absolute Gasteiger partial charge is 0.504 e. The predicted octanol–water partition coefficient (Wildman–Crippen LogP) is 2.64. The zero-order chi connectivity index (χ0) is 13.7. The lowest BCUT2D eigenvalue weighted by Crippen LogP contribution is -2.30. The van der Waals surface area contributed by atoms with Crippen molar-refractivity contribution in [1.82, 2.24) is 5.32 Å². The molecular weight excluding hydrogens is 298 g/mol. The highest BCUT2D eigenvalue weighted by Gasteiger charge is 2.15. The first-order chi connectivity index (χ1) is 8.41. The Morgan fingerprint density at radius 1 is 1.39 bits per heavy atom. The molecule has 100 valence electrons. The maximum atomic E-state index is 11.8. The van der Waals surface area contributed by atoms with Crippen molar-refractivity contribution in [2.45, 2.75) is 25.1 Å². The van der Waals surface area contributed by atoms with Crippen molar-refractivity contribution < 1.29 is 15.0 Å². The Hall–Kier alpha value is -1.23. The van der Waals surface area contributed by atoms with Crippen molar-refractivity contribution in [3.05, 3.63) is 23.8 Å². The molecule has 0 spiro atoms. The van der Waals surface area contributed by atoms with E-state index in [1.54, 1.807) is 0 Å². The highest BCUT2D eigenvalue weighted by molar-refractivity contribution is 9.09. The molecule has 0 saturated heterocycles. The summed E-state index contributed by atoms with van der Waals surface area (Å²) < 4.78 is 0. The van der Waals surface area contributed by atoms with Gasteiger partial charge in [0.05, 0.1) is 5.56 Å². The second-order valence-electron chi connectivity index (χ2n) is 4.61. The van der Waals surface area contributed by atoms with Crippen LogP contribution in [-0.2, 0) is 0 Å². The van der Waals surface area contributed by atoms with Gasteiger partial charge in [-0.3, -0.25) is 4.79 Å². The predicted molar refractivity (Wildman–Crippen MR) is 74.3 cm³/mol. The zero-order valence-corrected chi connectivity index (χ0v) is 12.1. The number of carbonyl (C=O) groups is 1. The van der Waals surface area contributed by atoms with Crippen LogP contribution in [0, 0.1) is 5.92 Å². The summed E-state index contributed by atoms with van der Waals surface area (Å²) in [5, 5.41) is 21.6. The van der Waals surface area contributed by atoms with Crippen LogP contribution in [0.15, 0.2) is 18.2 Å². The third-order valence-electron chi connectivity index (χ3n) is 2.47. The SMILES string of the molecule is CC(C)CC(Br)CNC(=O)c1cccc(O)c1O. The third kappa shape index (κ3) is 4.22. The van der Waals surface area contributed by atoms with Gasteiger partial charge in [0.15, 0.2) is 11.5 Å². The Labute approximate surface area is 115 Å². The number of amides is 1. The summed E-state index contributed by atoms with van der Waals surface area (Å²) >= 11 is 3.49. The standard InChI is InChI=1S/C13H18BrNO3/c1-8(2)6-9(14)7-15-13(18)10-4-3-5-11(16)12(10)17/h3-5,8-9,16-17H,6-7H2,1-2H3,(H,15,18). The zero-order valence-electron chi connectivity index (χ0n) is 10.5. The van der Waals surface area contributed by atoms with Gasteiger partial charge < -0.3 is 15.5 Å². The third-order valence-corrected chi connectivity index (χ3v) is 3.17. The fourth-order valence-electron chi connectivity index (χ4n) is 1.61. The average molecular weight is 316 g/mol. The molecule has 0 heterocycles. The molecule has 0 aliphatic carbocycles. The van der Waals surface area contributed by atoms with Crippen LogP contribution in [0.2, 0.25) is 0 Å². The summed E-state index contributed by atoms with van der Waals surface area (Å²) in [7, 11) is 0. The topological polar surface area (TPSA) is 69.6 Å². The quantitative estimate of drug-likeness (QED) is 0.578. The maximum absolute atomic E-state index is 11.8. The lowest BCUT2D eigenvalue weighted by Gasteiger charge is -2.13. The normalized spacial score (nSPS) is 12.4. The molecule has 0 saturated carbocycles. The monoisotopic (exact) mass is 315 g/mol. The molecule has 1 amide bonds.